The van der Waals surface area contributed by atoms with Crippen molar-refractivity contribution in [3.8, 4) is 0 Å². The molecule has 0 aliphatic heterocycles. The minimum atomic E-state index is 0.0771. The molecule has 1 unspecified atom stereocenters. The van der Waals surface area contributed by atoms with Crippen LogP contribution in [0.3, 0.4) is 0 Å². The average molecular weight is 383 g/mol. The fraction of sp³-hybridized carbons (Fsp3) is 0.250. The molecule has 0 radical (unpaired) electrons. The van der Waals surface area contributed by atoms with Gasteiger partial charge in [0.2, 0.25) is 0 Å². The van der Waals surface area contributed by atoms with Crippen LogP contribution in [0, 0.1) is 0 Å². The molecule has 1 N–H and O–H groups in total. The van der Waals surface area contributed by atoms with E-state index in [1.165, 1.54) is 16.6 Å². The summed E-state index contributed by atoms with van der Waals surface area (Å²) in [7, 11) is 1.91. The highest BCUT2D eigenvalue weighted by Crippen LogP contribution is 2.38. The quantitative estimate of drug-likeness (QED) is 0.658. The number of carbonyl (C=O) groups is 1. The Morgan fingerprint density at radius 3 is 2.79 bits per heavy atom. The van der Waals surface area contributed by atoms with Gasteiger partial charge < -0.3 is 9.88 Å². The fourth-order valence-corrected chi connectivity index (χ4v) is 4.09. The van der Waals surface area contributed by atoms with E-state index >= 15 is 0 Å². The lowest BCUT2D eigenvalue weighted by Gasteiger charge is -2.31. The Balaban J connectivity index is 1.74. The van der Waals surface area contributed by atoms with Crippen LogP contribution in [0.15, 0.2) is 53.0 Å². The second kappa shape index (κ2) is 6.10. The predicted molar refractivity (Wildman–Crippen MR) is 100 cm³/mol. The smallest absolute Gasteiger partial charge is 0.254 e. The number of hydrogen-bond donors (Lipinski definition) is 1. The van der Waals surface area contributed by atoms with Crippen molar-refractivity contribution in [1.82, 2.24) is 9.88 Å². The number of halogens is 1. The first-order chi connectivity index (χ1) is 11.6. The van der Waals surface area contributed by atoms with Gasteiger partial charge >= 0.3 is 0 Å². The maximum absolute atomic E-state index is 12.8. The van der Waals surface area contributed by atoms with Crippen molar-refractivity contribution < 1.29 is 4.79 Å². The first-order valence-corrected chi connectivity index (χ1v) is 9.06. The van der Waals surface area contributed by atoms with Crippen molar-refractivity contribution in [3.05, 3.63) is 69.8 Å². The predicted octanol–water partition coefficient (Wildman–Crippen LogP) is 5.08. The number of carbonyl (C=O) groups excluding carboxylic acids is 1. The highest BCUT2D eigenvalue weighted by molar-refractivity contribution is 9.10. The standard InChI is InChI=1S/C20H19BrN2O/c1-23(20(24)13-6-3-2-4-7-13)18-9-5-8-15-16-12-14(21)10-11-17(16)22-19(15)18/h2-4,6-7,10-12,18,22H,5,8-9H2,1H3. The second-order valence-electron chi connectivity index (χ2n) is 6.40. The SMILES string of the molecule is CN(C(=O)c1ccccc1)C1CCCc2c1[nH]c1ccc(Br)cc21. The van der Waals surface area contributed by atoms with Crippen LogP contribution in [0.1, 0.15) is 40.5 Å². The Kier molecular flexibility index (Phi) is 3.93. The second-order valence-corrected chi connectivity index (χ2v) is 7.31. The number of nitrogens with one attached hydrogen (secondary N) is 1. The lowest BCUT2D eigenvalue weighted by molar-refractivity contribution is 0.0712. The first kappa shape index (κ1) is 15.5. The number of hydrogen-bond acceptors (Lipinski definition) is 1. The summed E-state index contributed by atoms with van der Waals surface area (Å²) in [5.41, 5.74) is 4.44. The van der Waals surface area contributed by atoms with Gasteiger partial charge in [0.05, 0.1) is 6.04 Å². The molecule has 4 heteroatoms. The third-order valence-electron chi connectivity index (χ3n) is 4.95. The van der Waals surface area contributed by atoms with Gasteiger partial charge in [-0.1, -0.05) is 34.1 Å². The molecule has 1 aliphatic carbocycles. The zero-order valence-corrected chi connectivity index (χ0v) is 15.1. The van der Waals surface area contributed by atoms with Crippen molar-refractivity contribution in [2.24, 2.45) is 0 Å². The number of benzene rings is 2. The minimum absolute atomic E-state index is 0.0771. The molecule has 1 aliphatic rings. The highest BCUT2D eigenvalue weighted by atomic mass is 79.9. The van der Waals surface area contributed by atoms with Crippen LogP contribution in [-0.2, 0) is 6.42 Å². The largest absolute Gasteiger partial charge is 0.356 e. The van der Waals surface area contributed by atoms with E-state index < -0.39 is 0 Å². The van der Waals surface area contributed by atoms with E-state index in [1.807, 2.05) is 42.3 Å². The molecule has 1 aromatic heterocycles. The molecule has 1 amide bonds. The molecule has 0 saturated carbocycles. The maximum Gasteiger partial charge on any atom is 0.254 e. The van der Waals surface area contributed by atoms with Crippen molar-refractivity contribution >= 4 is 32.7 Å². The molecular formula is C20H19BrN2O. The van der Waals surface area contributed by atoms with Gasteiger partial charge in [0.15, 0.2) is 0 Å². The molecule has 0 bridgehead atoms. The first-order valence-electron chi connectivity index (χ1n) is 8.27. The Hall–Kier alpha value is -2.07. The third kappa shape index (κ3) is 2.55. The molecule has 1 heterocycles. The summed E-state index contributed by atoms with van der Waals surface area (Å²) in [5, 5.41) is 1.27. The molecule has 24 heavy (non-hydrogen) atoms. The summed E-state index contributed by atoms with van der Waals surface area (Å²) in [4.78, 5) is 18.3. The summed E-state index contributed by atoms with van der Waals surface area (Å²) < 4.78 is 1.09. The van der Waals surface area contributed by atoms with Gasteiger partial charge in [-0.3, -0.25) is 4.79 Å². The fourth-order valence-electron chi connectivity index (χ4n) is 3.72. The van der Waals surface area contributed by atoms with E-state index in [0.717, 1.165) is 34.8 Å². The Bertz CT molecular complexity index is 901. The van der Waals surface area contributed by atoms with Gasteiger partial charge in [0, 0.05) is 33.7 Å². The Labute approximate surface area is 149 Å². The van der Waals surface area contributed by atoms with Crippen molar-refractivity contribution in [1.29, 1.82) is 0 Å². The van der Waals surface area contributed by atoms with Gasteiger partial charge in [-0.15, -0.1) is 0 Å². The number of fused-ring (bicyclic) bond motifs is 3. The van der Waals surface area contributed by atoms with Crippen LogP contribution in [0.4, 0.5) is 0 Å². The number of rotatable bonds is 2. The normalized spacial score (nSPS) is 16.8. The lowest BCUT2D eigenvalue weighted by Crippen LogP contribution is -2.33. The van der Waals surface area contributed by atoms with E-state index in [1.54, 1.807) is 0 Å². The van der Waals surface area contributed by atoms with Crippen LogP contribution in [0.2, 0.25) is 0 Å². The molecule has 3 aromatic rings. The van der Waals surface area contributed by atoms with Gasteiger partial charge in [-0.2, -0.15) is 0 Å². The molecule has 3 nitrogen and oxygen atoms in total. The van der Waals surface area contributed by atoms with Crippen LogP contribution >= 0.6 is 15.9 Å². The summed E-state index contributed by atoms with van der Waals surface area (Å²) in [6, 6.07) is 16.0. The van der Waals surface area contributed by atoms with Gasteiger partial charge in [-0.25, -0.2) is 0 Å². The number of aromatic amines is 1. The number of H-pyrrole nitrogens is 1. The van der Waals surface area contributed by atoms with Gasteiger partial charge in [0.25, 0.3) is 5.91 Å². The van der Waals surface area contributed by atoms with E-state index in [2.05, 4.69) is 39.1 Å². The van der Waals surface area contributed by atoms with Crippen LogP contribution in [0.25, 0.3) is 10.9 Å². The molecule has 0 fully saturated rings. The highest BCUT2D eigenvalue weighted by Gasteiger charge is 2.30. The zero-order valence-electron chi connectivity index (χ0n) is 13.6. The molecule has 122 valence electrons. The number of nitrogens with zero attached hydrogens (tertiary/aromatic N) is 1. The number of aromatic nitrogens is 1. The van der Waals surface area contributed by atoms with Crippen molar-refractivity contribution in [2.45, 2.75) is 25.3 Å². The van der Waals surface area contributed by atoms with Crippen molar-refractivity contribution in [2.75, 3.05) is 7.05 Å². The van der Waals surface area contributed by atoms with Crippen LogP contribution < -0.4 is 0 Å². The summed E-state index contributed by atoms with van der Waals surface area (Å²) in [6.07, 6.45) is 3.16. The van der Waals surface area contributed by atoms with Crippen molar-refractivity contribution in [3.63, 3.8) is 0 Å². The van der Waals surface area contributed by atoms with E-state index in [9.17, 15) is 4.79 Å². The molecule has 1 atom stereocenters. The van der Waals surface area contributed by atoms with Crippen LogP contribution in [-0.4, -0.2) is 22.8 Å². The Morgan fingerprint density at radius 1 is 1.21 bits per heavy atom. The summed E-state index contributed by atoms with van der Waals surface area (Å²) in [5.74, 6) is 0.0771. The molecule has 4 rings (SSSR count). The zero-order chi connectivity index (χ0) is 16.7. The average Bonchev–Trinajstić information content (AvgIpc) is 2.99. The molecule has 2 aromatic carbocycles. The lowest BCUT2D eigenvalue weighted by atomic mass is 9.90. The maximum atomic E-state index is 12.8. The molecular weight excluding hydrogens is 364 g/mol. The molecule has 0 saturated heterocycles. The van der Waals surface area contributed by atoms with Crippen LogP contribution in [0.5, 0.6) is 0 Å². The summed E-state index contributed by atoms with van der Waals surface area (Å²) >= 11 is 3.56. The number of amides is 1. The third-order valence-corrected chi connectivity index (χ3v) is 5.44. The van der Waals surface area contributed by atoms with E-state index in [0.29, 0.717) is 0 Å². The Morgan fingerprint density at radius 2 is 2.00 bits per heavy atom. The van der Waals surface area contributed by atoms with Gasteiger partial charge in [0.1, 0.15) is 0 Å². The van der Waals surface area contributed by atoms with Gasteiger partial charge in [-0.05, 0) is 55.2 Å². The molecule has 0 spiro atoms. The monoisotopic (exact) mass is 382 g/mol. The minimum Gasteiger partial charge on any atom is -0.356 e. The number of aryl methyl sites for hydroxylation is 1. The van der Waals surface area contributed by atoms with E-state index in [4.69, 9.17) is 0 Å². The topological polar surface area (TPSA) is 36.1 Å². The van der Waals surface area contributed by atoms with E-state index in [-0.39, 0.29) is 11.9 Å². The summed E-state index contributed by atoms with van der Waals surface area (Å²) in [6.45, 7) is 0.